The van der Waals surface area contributed by atoms with E-state index in [4.69, 9.17) is 0 Å². The van der Waals surface area contributed by atoms with E-state index >= 15 is 0 Å². The van der Waals surface area contributed by atoms with Crippen molar-refractivity contribution in [1.82, 2.24) is 10.3 Å². The molecule has 1 fully saturated rings. The molecule has 0 amide bonds. The van der Waals surface area contributed by atoms with Crippen LogP contribution in [-0.4, -0.2) is 11.5 Å². The van der Waals surface area contributed by atoms with E-state index in [2.05, 4.69) is 23.3 Å². The first-order chi connectivity index (χ1) is 6.36. The van der Waals surface area contributed by atoms with Gasteiger partial charge in [-0.05, 0) is 43.9 Å². The van der Waals surface area contributed by atoms with Crippen LogP contribution in [0.15, 0.2) is 24.5 Å². The van der Waals surface area contributed by atoms with Crippen molar-refractivity contribution in [3.05, 3.63) is 30.1 Å². The smallest absolute Gasteiger partial charge is 0.0315 e. The fourth-order valence-corrected chi connectivity index (χ4v) is 1.42. The van der Waals surface area contributed by atoms with Crippen LogP contribution in [0, 0.1) is 5.92 Å². The topological polar surface area (TPSA) is 24.9 Å². The van der Waals surface area contributed by atoms with Gasteiger partial charge in [-0.2, -0.15) is 0 Å². The highest BCUT2D eigenvalue weighted by Crippen LogP contribution is 2.28. The van der Waals surface area contributed by atoms with Crippen LogP contribution in [0.1, 0.15) is 31.4 Å². The predicted molar refractivity (Wildman–Crippen MR) is 53.4 cm³/mol. The molecule has 0 aliphatic heterocycles. The molecule has 0 radical (unpaired) electrons. The zero-order chi connectivity index (χ0) is 9.10. The Morgan fingerprint density at radius 3 is 3.08 bits per heavy atom. The molecule has 13 heavy (non-hydrogen) atoms. The molecule has 1 N–H and O–H groups in total. The number of hydrogen-bond donors (Lipinski definition) is 1. The molecule has 2 nitrogen and oxygen atoms in total. The van der Waals surface area contributed by atoms with Crippen molar-refractivity contribution in [2.24, 2.45) is 5.92 Å². The average Bonchev–Trinajstić information content (AvgIpc) is 2.99. The summed E-state index contributed by atoms with van der Waals surface area (Å²) in [5.41, 5.74) is 1.28. The third-order valence-corrected chi connectivity index (χ3v) is 2.59. The largest absolute Gasteiger partial charge is 0.310 e. The van der Waals surface area contributed by atoms with E-state index in [-0.39, 0.29) is 0 Å². The summed E-state index contributed by atoms with van der Waals surface area (Å²) in [6.07, 6.45) is 6.57. The maximum atomic E-state index is 4.11. The summed E-state index contributed by atoms with van der Waals surface area (Å²) in [5.74, 6) is 0.944. The lowest BCUT2D eigenvalue weighted by Crippen LogP contribution is -2.21. The van der Waals surface area contributed by atoms with Gasteiger partial charge in [0.15, 0.2) is 0 Å². The summed E-state index contributed by atoms with van der Waals surface area (Å²) >= 11 is 0. The lowest BCUT2D eigenvalue weighted by Gasteiger charge is -2.12. The molecule has 1 aromatic heterocycles. The van der Waals surface area contributed by atoms with Crippen LogP contribution in [0.2, 0.25) is 0 Å². The van der Waals surface area contributed by atoms with Gasteiger partial charge in [0.05, 0.1) is 0 Å². The number of nitrogens with zero attached hydrogens (tertiary/aromatic N) is 1. The first-order valence-electron chi connectivity index (χ1n) is 4.99. The van der Waals surface area contributed by atoms with Gasteiger partial charge in [-0.25, -0.2) is 0 Å². The van der Waals surface area contributed by atoms with Crippen molar-refractivity contribution >= 4 is 0 Å². The number of hydrogen-bond acceptors (Lipinski definition) is 2. The van der Waals surface area contributed by atoms with Gasteiger partial charge in [0, 0.05) is 18.4 Å². The van der Waals surface area contributed by atoms with Crippen LogP contribution < -0.4 is 5.32 Å². The molecule has 0 saturated heterocycles. The lowest BCUT2D eigenvalue weighted by molar-refractivity contribution is 0.547. The highest BCUT2D eigenvalue weighted by molar-refractivity contribution is 5.12. The van der Waals surface area contributed by atoms with E-state index in [1.807, 2.05) is 18.5 Å². The third kappa shape index (κ3) is 2.52. The summed E-state index contributed by atoms with van der Waals surface area (Å²) in [6, 6.07) is 4.55. The molecule has 70 valence electrons. The quantitative estimate of drug-likeness (QED) is 0.760. The zero-order valence-corrected chi connectivity index (χ0v) is 8.03. The Hall–Kier alpha value is -0.890. The second kappa shape index (κ2) is 3.88. The number of nitrogens with one attached hydrogen (secondary N) is 1. The zero-order valence-electron chi connectivity index (χ0n) is 8.03. The van der Waals surface area contributed by atoms with E-state index in [9.17, 15) is 0 Å². The second-order valence-electron chi connectivity index (χ2n) is 3.86. The Labute approximate surface area is 79.4 Å². The first kappa shape index (κ1) is 8.70. The molecule has 1 heterocycles. The molecule has 1 aliphatic rings. The molecule has 0 bridgehead atoms. The molecule has 1 aromatic rings. The minimum atomic E-state index is 0.439. The summed E-state index contributed by atoms with van der Waals surface area (Å²) < 4.78 is 0. The fourth-order valence-electron chi connectivity index (χ4n) is 1.42. The maximum absolute atomic E-state index is 4.11. The van der Waals surface area contributed by atoms with Crippen molar-refractivity contribution in [1.29, 1.82) is 0 Å². The SMILES string of the molecule is C[C@@H](NCC1CC1)c1cccnc1. The van der Waals surface area contributed by atoms with Gasteiger partial charge in [-0.1, -0.05) is 6.07 Å². The van der Waals surface area contributed by atoms with Crippen LogP contribution in [0.4, 0.5) is 0 Å². The molecular formula is C11H16N2. The monoisotopic (exact) mass is 176 g/mol. The predicted octanol–water partition coefficient (Wildman–Crippen LogP) is 2.14. The summed E-state index contributed by atoms with van der Waals surface area (Å²) in [4.78, 5) is 4.11. The number of rotatable bonds is 4. The van der Waals surface area contributed by atoms with Gasteiger partial charge in [0.1, 0.15) is 0 Å². The van der Waals surface area contributed by atoms with E-state index in [0.717, 1.165) is 12.5 Å². The van der Waals surface area contributed by atoms with Gasteiger partial charge < -0.3 is 5.32 Å². The number of pyridine rings is 1. The summed E-state index contributed by atoms with van der Waals surface area (Å²) in [7, 11) is 0. The average molecular weight is 176 g/mol. The lowest BCUT2D eigenvalue weighted by atomic mass is 10.1. The molecule has 1 atom stereocenters. The van der Waals surface area contributed by atoms with Crippen LogP contribution in [0.5, 0.6) is 0 Å². The van der Waals surface area contributed by atoms with Crippen molar-refractivity contribution in [2.45, 2.75) is 25.8 Å². The van der Waals surface area contributed by atoms with E-state index in [1.165, 1.54) is 18.4 Å². The minimum Gasteiger partial charge on any atom is -0.310 e. The molecule has 0 spiro atoms. The Bertz CT molecular complexity index is 254. The Morgan fingerprint density at radius 2 is 2.46 bits per heavy atom. The minimum absolute atomic E-state index is 0.439. The Kier molecular flexibility index (Phi) is 2.60. The van der Waals surface area contributed by atoms with Gasteiger partial charge in [-0.3, -0.25) is 4.98 Å². The first-order valence-corrected chi connectivity index (χ1v) is 4.99. The molecule has 2 heteroatoms. The van der Waals surface area contributed by atoms with Crippen LogP contribution in [0.25, 0.3) is 0 Å². The van der Waals surface area contributed by atoms with Gasteiger partial charge in [0.2, 0.25) is 0 Å². The van der Waals surface area contributed by atoms with Gasteiger partial charge in [0.25, 0.3) is 0 Å². The van der Waals surface area contributed by atoms with Crippen LogP contribution in [0.3, 0.4) is 0 Å². The van der Waals surface area contributed by atoms with Crippen molar-refractivity contribution in [3.8, 4) is 0 Å². The molecule has 1 saturated carbocycles. The van der Waals surface area contributed by atoms with E-state index in [1.54, 1.807) is 0 Å². The van der Waals surface area contributed by atoms with Crippen molar-refractivity contribution in [3.63, 3.8) is 0 Å². The summed E-state index contributed by atoms with van der Waals surface area (Å²) in [6.45, 7) is 3.36. The normalized spacial score (nSPS) is 18.5. The van der Waals surface area contributed by atoms with E-state index < -0.39 is 0 Å². The maximum Gasteiger partial charge on any atom is 0.0315 e. The highest BCUT2D eigenvalue weighted by atomic mass is 14.9. The standard InChI is InChI=1S/C11H16N2/c1-9(13-7-10-4-5-10)11-3-2-6-12-8-11/h2-3,6,8-10,13H,4-5,7H2,1H3/t9-/m1/s1. The van der Waals surface area contributed by atoms with Gasteiger partial charge >= 0.3 is 0 Å². The summed E-state index contributed by atoms with van der Waals surface area (Å²) in [5, 5.41) is 3.52. The Morgan fingerprint density at radius 1 is 1.62 bits per heavy atom. The fraction of sp³-hybridized carbons (Fsp3) is 0.545. The molecule has 0 unspecified atom stereocenters. The Balaban J connectivity index is 1.85. The molecule has 0 aromatic carbocycles. The third-order valence-electron chi connectivity index (χ3n) is 2.59. The molecule has 1 aliphatic carbocycles. The van der Waals surface area contributed by atoms with Crippen molar-refractivity contribution in [2.75, 3.05) is 6.54 Å². The van der Waals surface area contributed by atoms with E-state index in [0.29, 0.717) is 6.04 Å². The van der Waals surface area contributed by atoms with Crippen molar-refractivity contribution < 1.29 is 0 Å². The van der Waals surface area contributed by atoms with Crippen LogP contribution in [-0.2, 0) is 0 Å². The number of aromatic nitrogens is 1. The van der Waals surface area contributed by atoms with Gasteiger partial charge in [-0.15, -0.1) is 0 Å². The second-order valence-corrected chi connectivity index (χ2v) is 3.86. The molecular weight excluding hydrogens is 160 g/mol. The van der Waals surface area contributed by atoms with Crippen LogP contribution >= 0.6 is 0 Å². The highest BCUT2D eigenvalue weighted by Gasteiger charge is 2.21. The molecule has 2 rings (SSSR count).